The van der Waals surface area contributed by atoms with Gasteiger partial charge >= 0.3 is 0 Å². The Bertz CT molecular complexity index is 690. The highest BCUT2D eigenvalue weighted by atomic mass is 35.5. The maximum atomic E-state index is 6.04. The van der Waals surface area contributed by atoms with Crippen molar-refractivity contribution in [1.82, 2.24) is 10.2 Å². The lowest BCUT2D eigenvalue weighted by Gasteiger charge is -2.18. The topological polar surface area (TPSA) is 33.7 Å². The van der Waals surface area contributed by atoms with Gasteiger partial charge < -0.3 is 19.7 Å². The van der Waals surface area contributed by atoms with Crippen molar-refractivity contribution in [2.45, 2.75) is 33.9 Å². The molecule has 0 aliphatic rings. The van der Waals surface area contributed by atoms with Gasteiger partial charge in [0, 0.05) is 24.7 Å². The number of halogens is 1. The number of rotatable bonds is 12. The number of ether oxygens (including phenoxy) is 2. The normalized spacial score (nSPS) is 11.0. The minimum absolute atomic E-state index is 0.460. The van der Waals surface area contributed by atoms with Crippen LogP contribution in [0.5, 0.6) is 11.5 Å². The third kappa shape index (κ3) is 7.41. The van der Waals surface area contributed by atoms with Gasteiger partial charge in [0.25, 0.3) is 0 Å². The molecule has 5 heteroatoms. The summed E-state index contributed by atoms with van der Waals surface area (Å²) < 4.78 is 11.7. The molecule has 0 spiro atoms. The highest BCUT2D eigenvalue weighted by molar-refractivity contribution is 6.30. The van der Waals surface area contributed by atoms with Crippen LogP contribution >= 0.6 is 11.6 Å². The van der Waals surface area contributed by atoms with Gasteiger partial charge in [-0.1, -0.05) is 43.6 Å². The van der Waals surface area contributed by atoms with Gasteiger partial charge in [0.15, 0.2) is 11.5 Å². The first-order valence-corrected chi connectivity index (χ1v) is 10.1. The first-order chi connectivity index (χ1) is 13.2. The Morgan fingerprint density at radius 2 is 1.74 bits per heavy atom. The molecule has 148 valence electrons. The lowest BCUT2D eigenvalue weighted by molar-refractivity contribution is 0.269. The van der Waals surface area contributed by atoms with Crippen LogP contribution in [-0.4, -0.2) is 37.7 Å². The van der Waals surface area contributed by atoms with Gasteiger partial charge in [0.1, 0.15) is 6.61 Å². The Labute approximate surface area is 168 Å². The van der Waals surface area contributed by atoms with E-state index in [4.69, 9.17) is 21.1 Å². The Kier molecular flexibility index (Phi) is 9.46. The molecule has 0 amide bonds. The monoisotopic (exact) mass is 390 g/mol. The lowest BCUT2D eigenvalue weighted by Crippen LogP contribution is -2.31. The van der Waals surface area contributed by atoms with Gasteiger partial charge in [-0.25, -0.2) is 0 Å². The maximum Gasteiger partial charge on any atom is 0.161 e. The van der Waals surface area contributed by atoms with Gasteiger partial charge in [-0.05, 0) is 55.4 Å². The van der Waals surface area contributed by atoms with Crippen molar-refractivity contribution >= 4 is 11.6 Å². The molecule has 0 aromatic heterocycles. The zero-order chi connectivity index (χ0) is 19.5. The van der Waals surface area contributed by atoms with Gasteiger partial charge in [0.05, 0.1) is 6.61 Å². The molecule has 0 saturated carbocycles. The summed E-state index contributed by atoms with van der Waals surface area (Å²) in [5.74, 6) is 1.53. The van der Waals surface area contributed by atoms with Crippen molar-refractivity contribution in [3.05, 3.63) is 58.6 Å². The molecule has 2 aromatic rings. The summed E-state index contributed by atoms with van der Waals surface area (Å²) in [4.78, 5) is 2.41. The fourth-order valence-corrected chi connectivity index (χ4v) is 3.06. The van der Waals surface area contributed by atoms with Crippen molar-refractivity contribution in [3.63, 3.8) is 0 Å². The summed E-state index contributed by atoms with van der Waals surface area (Å²) in [5, 5.41) is 4.22. The second kappa shape index (κ2) is 11.9. The second-order valence-corrected chi connectivity index (χ2v) is 6.77. The first-order valence-electron chi connectivity index (χ1n) is 9.72. The number of hydrogen-bond acceptors (Lipinski definition) is 4. The Morgan fingerprint density at radius 1 is 0.926 bits per heavy atom. The van der Waals surface area contributed by atoms with Crippen LogP contribution in [0.1, 0.15) is 31.9 Å². The summed E-state index contributed by atoms with van der Waals surface area (Å²) in [6.45, 7) is 12.5. The van der Waals surface area contributed by atoms with E-state index in [0.717, 1.165) is 49.8 Å². The molecular weight excluding hydrogens is 360 g/mol. The summed E-state index contributed by atoms with van der Waals surface area (Å²) in [7, 11) is 0. The number of hydrogen-bond donors (Lipinski definition) is 1. The predicted octanol–water partition coefficient (Wildman–Crippen LogP) is 4.75. The molecule has 0 aliphatic heterocycles. The molecule has 0 unspecified atom stereocenters. The number of benzene rings is 2. The molecule has 4 nitrogen and oxygen atoms in total. The van der Waals surface area contributed by atoms with E-state index in [1.807, 2.05) is 37.3 Å². The predicted molar refractivity (Wildman–Crippen MR) is 113 cm³/mol. The van der Waals surface area contributed by atoms with E-state index >= 15 is 0 Å². The highest BCUT2D eigenvalue weighted by Crippen LogP contribution is 2.29. The van der Waals surface area contributed by atoms with Gasteiger partial charge in [0.2, 0.25) is 0 Å². The van der Waals surface area contributed by atoms with Crippen LogP contribution in [-0.2, 0) is 13.2 Å². The third-order valence-electron chi connectivity index (χ3n) is 4.42. The van der Waals surface area contributed by atoms with E-state index in [1.165, 1.54) is 5.56 Å². The Hall–Kier alpha value is -1.75. The van der Waals surface area contributed by atoms with E-state index in [0.29, 0.717) is 18.2 Å². The van der Waals surface area contributed by atoms with E-state index in [9.17, 15) is 0 Å². The van der Waals surface area contributed by atoms with E-state index in [-0.39, 0.29) is 0 Å². The van der Waals surface area contributed by atoms with Crippen LogP contribution in [0.15, 0.2) is 42.5 Å². The molecule has 0 fully saturated rings. The van der Waals surface area contributed by atoms with Gasteiger partial charge in [-0.3, -0.25) is 0 Å². The van der Waals surface area contributed by atoms with Crippen molar-refractivity contribution in [3.8, 4) is 11.5 Å². The minimum atomic E-state index is 0.460. The fourth-order valence-electron chi connectivity index (χ4n) is 2.85. The SMILES string of the molecule is CCOc1cc(CNCCN(CC)CC)ccc1OCc1cccc(Cl)c1. The van der Waals surface area contributed by atoms with E-state index in [1.54, 1.807) is 0 Å². The van der Waals surface area contributed by atoms with E-state index < -0.39 is 0 Å². The van der Waals surface area contributed by atoms with Crippen LogP contribution in [0.25, 0.3) is 0 Å². The standard InChI is InChI=1S/C22H31ClN2O2/c1-4-25(5-2)13-12-24-16-18-10-11-21(22(15-18)26-6-3)27-17-19-8-7-9-20(23)14-19/h7-11,14-15,24H,4-6,12-13,16-17H2,1-3H3. The molecule has 2 aromatic carbocycles. The maximum absolute atomic E-state index is 6.04. The van der Waals surface area contributed by atoms with Crippen LogP contribution in [0.2, 0.25) is 5.02 Å². The van der Waals surface area contributed by atoms with Crippen LogP contribution in [0, 0.1) is 0 Å². The van der Waals surface area contributed by atoms with Crippen LogP contribution in [0.3, 0.4) is 0 Å². The quantitative estimate of drug-likeness (QED) is 0.530. The number of likely N-dealkylation sites (N-methyl/N-ethyl adjacent to an activating group) is 1. The smallest absolute Gasteiger partial charge is 0.161 e. The summed E-state index contributed by atoms with van der Waals surface area (Å²) in [6.07, 6.45) is 0. The zero-order valence-corrected chi connectivity index (χ0v) is 17.4. The van der Waals surface area contributed by atoms with Crippen LogP contribution < -0.4 is 14.8 Å². The molecule has 0 bridgehead atoms. The first kappa shape index (κ1) is 21.5. The Morgan fingerprint density at radius 3 is 2.44 bits per heavy atom. The molecular formula is C22H31ClN2O2. The molecule has 0 heterocycles. The summed E-state index contributed by atoms with van der Waals surface area (Å²) >= 11 is 6.04. The third-order valence-corrected chi connectivity index (χ3v) is 4.65. The van der Waals surface area contributed by atoms with Crippen molar-refractivity contribution in [2.75, 3.05) is 32.8 Å². The van der Waals surface area contributed by atoms with Crippen molar-refractivity contribution in [2.24, 2.45) is 0 Å². The fraction of sp³-hybridized carbons (Fsp3) is 0.455. The minimum Gasteiger partial charge on any atom is -0.490 e. The zero-order valence-electron chi connectivity index (χ0n) is 16.6. The number of nitrogens with zero attached hydrogens (tertiary/aromatic N) is 1. The summed E-state index contributed by atoms with van der Waals surface area (Å²) in [6, 6.07) is 13.8. The molecule has 0 radical (unpaired) electrons. The van der Waals surface area contributed by atoms with Crippen molar-refractivity contribution in [1.29, 1.82) is 0 Å². The van der Waals surface area contributed by atoms with E-state index in [2.05, 4.69) is 36.2 Å². The summed E-state index contributed by atoms with van der Waals surface area (Å²) in [5.41, 5.74) is 2.22. The molecule has 2 rings (SSSR count). The number of nitrogens with one attached hydrogen (secondary N) is 1. The lowest BCUT2D eigenvalue weighted by atomic mass is 10.2. The Balaban J connectivity index is 1.92. The second-order valence-electron chi connectivity index (χ2n) is 6.34. The largest absolute Gasteiger partial charge is 0.490 e. The average Bonchev–Trinajstić information content (AvgIpc) is 2.68. The van der Waals surface area contributed by atoms with Crippen LogP contribution in [0.4, 0.5) is 0 Å². The van der Waals surface area contributed by atoms with Crippen molar-refractivity contribution < 1.29 is 9.47 Å². The molecule has 1 N–H and O–H groups in total. The highest BCUT2D eigenvalue weighted by Gasteiger charge is 2.08. The van der Waals surface area contributed by atoms with Gasteiger partial charge in [-0.2, -0.15) is 0 Å². The average molecular weight is 391 g/mol. The molecule has 0 aliphatic carbocycles. The molecule has 0 saturated heterocycles. The molecule has 27 heavy (non-hydrogen) atoms. The molecule has 0 atom stereocenters. The van der Waals surface area contributed by atoms with Gasteiger partial charge in [-0.15, -0.1) is 0 Å².